The van der Waals surface area contributed by atoms with Gasteiger partial charge >= 0.3 is 0 Å². The molecular formula is C7H12ClN3O2. The van der Waals surface area contributed by atoms with Crippen molar-refractivity contribution >= 4 is 12.4 Å². The van der Waals surface area contributed by atoms with E-state index < -0.39 is 0 Å². The SMILES string of the molecule is Cc1nnc(C2COCCN2)o1.Cl. The van der Waals surface area contributed by atoms with Crippen molar-refractivity contribution in [3.8, 4) is 0 Å². The van der Waals surface area contributed by atoms with E-state index >= 15 is 0 Å². The minimum Gasteiger partial charge on any atom is -0.424 e. The summed E-state index contributed by atoms with van der Waals surface area (Å²) in [6.07, 6.45) is 0. The number of hydrogen-bond acceptors (Lipinski definition) is 5. The number of ether oxygens (including phenoxy) is 1. The Morgan fingerprint density at radius 3 is 2.85 bits per heavy atom. The van der Waals surface area contributed by atoms with Crippen LogP contribution in [0.4, 0.5) is 0 Å². The molecule has 1 atom stereocenters. The van der Waals surface area contributed by atoms with Gasteiger partial charge in [-0.1, -0.05) is 0 Å². The maximum Gasteiger partial charge on any atom is 0.235 e. The van der Waals surface area contributed by atoms with Gasteiger partial charge in [0.2, 0.25) is 11.8 Å². The Morgan fingerprint density at radius 1 is 1.46 bits per heavy atom. The molecule has 5 nitrogen and oxygen atoms in total. The molecule has 0 aliphatic carbocycles. The van der Waals surface area contributed by atoms with Crippen LogP contribution in [0, 0.1) is 6.92 Å². The predicted molar refractivity (Wildman–Crippen MR) is 47.8 cm³/mol. The minimum atomic E-state index is 0. The summed E-state index contributed by atoms with van der Waals surface area (Å²) in [5, 5.41) is 10.9. The molecular weight excluding hydrogens is 194 g/mol. The average molecular weight is 206 g/mol. The highest BCUT2D eigenvalue weighted by atomic mass is 35.5. The third kappa shape index (κ3) is 2.40. The van der Waals surface area contributed by atoms with Gasteiger partial charge in [-0.3, -0.25) is 0 Å². The zero-order chi connectivity index (χ0) is 8.39. The van der Waals surface area contributed by atoms with Crippen LogP contribution in [-0.4, -0.2) is 30.0 Å². The number of nitrogens with one attached hydrogen (secondary N) is 1. The standard InChI is InChI=1S/C7H11N3O2.ClH/c1-5-9-10-7(12-5)6-4-11-3-2-8-6;/h6,8H,2-4H2,1H3;1H. The van der Waals surface area contributed by atoms with Crippen molar-refractivity contribution in [1.29, 1.82) is 0 Å². The van der Waals surface area contributed by atoms with Crippen LogP contribution in [0.2, 0.25) is 0 Å². The molecule has 6 heteroatoms. The highest BCUT2D eigenvalue weighted by Gasteiger charge is 2.20. The Hall–Kier alpha value is -0.650. The van der Waals surface area contributed by atoms with E-state index in [-0.39, 0.29) is 18.4 Å². The van der Waals surface area contributed by atoms with Gasteiger partial charge in [0.05, 0.1) is 13.2 Å². The lowest BCUT2D eigenvalue weighted by Crippen LogP contribution is -2.34. The van der Waals surface area contributed by atoms with Gasteiger partial charge in [-0.15, -0.1) is 22.6 Å². The van der Waals surface area contributed by atoms with E-state index in [0.29, 0.717) is 18.4 Å². The largest absolute Gasteiger partial charge is 0.424 e. The first-order chi connectivity index (χ1) is 5.86. The zero-order valence-electron chi connectivity index (χ0n) is 7.32. The van der Waals surface area contributed by atoms with Crippen LogP contribution < -0.4 is 5.32 Å². The summed E-state index contributed by atoms with van der Waals surface area (Å²) in [4.78, 5) is 0. The van der Waals surface area contributed by atoms with E-state index in [2.05, 4.69) is 15.5 Å². The summed E-state index contributed by atoms with van der Waals surface area (Å²) in [5.41, 5.74) is 0. The van der Waals surface area contributed by atoms with Crippen LogP contribution in [0.25, 0.3) is 0 Å². The molecule has 0 saturated carbocycles. The van der Waals surface area contributed by atoms with E-state index in [9.17, 15) is 0 Å². The van der Waals surface area contributed by atoms with E-state index in [1.807, 2.05) is 0 Å². The number of aryl methyl sites for hydroxylation is 1. The third-order valence-corrected chi connectivity index (χ3v) is 1.76. The topological polar surface area (TPSA) is 60.2 Å². The highest BCUT2D eigenvalue weighted by Crippen LogP contribution is 2.13. The molecule has 1 aliphatic rings. The summed E-state index contributed by atoms with van der Waals surface area (Å²) >= 11 is 0. The molecule has 1 aromatic rings. The first-order valence-electron chi connectivity index (χ1n) is 3.97. The minimum absolute atomic E-state index is 0. The van der Waals surface area contributed by atoms with Crippen molar-refractivity contribution in [2.24, 2.45) is 0 Å². The monoisotopic (exact) mass is 205 g/mol. The number of aromatic nitrogens is 2. The van der Waals surface area contributed by atoms with Gasteiger partial charge in [-0.25, -0.2) is 0 Å². The van der Waals surface area contributed by atoms with Crippen LogP contribution in [0.3, 0.4) is 0 Å². The summed E-state index contributed by atoms with van der Waals surface area (Å²) in [5.74, 6) is 1.21. The predicted octanol–water partition coefficient (Wildman–Crippen LogP) is 0.461. The molecule has 1 N–H and O–H groups in total. The summed E-state index contributed by atoms with van der Waals surface area (Å²) in [7, 11) is 0. The van der Waals surface area contributed by atoms with Gasteiger partial charge in [-0.05, 0) is 0 Å². The number of halogens is 1. The number of rotatable bonds is 1. The second-order valence-electron chi connectivity index (χ2n) is 2.74. The fourth-order valence-corrected chi connectivity index (χ4v) is 1.18. The Bertz CT molecular complexity index is 260. The van der Waals surface area contributed by atoms with Crippen LogP contribution in [0.5, 0.6) is 0 Å². The van der Waals surface area contributed by atoms with Crippen LogP contribution in [-0.2, 0) is 4.74 Å². The van der Waals surface area contributed by atoms with Crippen molar-refractivity contribution in [3.05, 3.63) is 11.8 Å². The Kier molecular flexibility index (Phi) is 3.65. The molecule has 1 saturated heterocycles. The van der Waals surface area contributed by atoms with E-state index in [4.69, 9.17) is 9.15 Å². The first kappa shape index (κ1) is 10.4. The van der Waals surface area contributed by atoms with E-state index in [0.717, 1.165) is 13.2 Å². The number of nitrogens with zero attached hydrogens (tertiary/aromatic N) is 2. The first-order valence-corrected chi connectivity index (χ1v) is 3.97. The smallest absolute Gasteiger partial charge is 0.235 e. The maximum absolute atomic E-state index is 5.26. The van der Waals surface area contributed by atoms with Gasteiger partial charge in [0, 0.05) is 13.5 Å². The fourth-order valence-electron chi connectivity index (χ4n) is 1.18. The Morgan fingerprint density at radius 2 is 2.31 bits per heavy atom. The average Bonchev–Trinajstić information content (AvgIpc) is 2.54. The zero-order valence-corrected chi connectivity index (χ0v) is 8.13. The number of hydrogen-bond donors (Lipinski definition) is 1. The molecule has 0 radical (unpaired) electrons. The summed E-state index contributed by atoms with van der Waals surface area (Å²) in [6.45, 7) is 3.98. The van der Waals surface area contributed by atoms with Crippen molar-refractivity contribution in [2.45, 2.75) is 13.0 Å². The lowest BCUT2D eigenvalue weighted by Gasteiger charge is -2.20. The molecule has 74 valence electrons. The van der Waals surface area contributed by atoms with Gasteiger partial charge in [0.1, 0.15) is 6.04 Å². The van der Waals surface area contributed by atoms with Crippen molar-refractivity contribution in [1.82, 2.24) is 15.5 Å². The van der Waals surface area contributed by atoms with Crippen LogP contribution >= 0.6 is 12.4 Å². The third-order valence-electron chi connectivity index (χ3n) is 1.76. The summed E-state index contributed by atoms with van der Waals surface area (Å²) < 4.78 is 10.5. The van der Waals surface area contributed by atoms with Crippen molar-refractivity contribution < 1.29 is 9.15 Å². The van der Waals surface area contributed by atoms with Crippen LogP contribution in [0.1, 0.15) is 17.8 Å². The van der Waals surface area contributed by atoms with Gasteiger partial charge in [0.15, 0.2) is 0 Å². The molecule has 2 heterocycles. The van der Waals surface area contributed by atoms with Crippen molar-refractivity contribution in [2.75, 3.05) is 19.8 Å². The molecule has 0 spiro atoms. The van der Waals surface area contributed by atoms with Crippen molar-refractivity contribution in [3.63, 3.8) is 0 Å². The molecule has 1 aromatic heterocycles. The molecule has 1 aliphatic heterocycles. The van der Waals surface area contributed by atoms with Gasteiger partial charge < -0.3 is 14.5 Å². The Balaban J connectivity index is 0.000000845. The maximum atomic E-state index is 5.26. The summed E-state index contributed by atoms with van der Waals surface area (Å²) in [6, 6.07) is 0.0694. The molecule has 13 heavy (non-hydrogen) atoms. The Labute approximate surface area is 82.3 Å². The normalized spacial score (nSPS) is 22.4. The highest BCUT2D eigenvalue weighted by molar-refractivity contribution is 5.85. The molecule has 0 aromatic carbocycles. The van der Waals surface area contributed by atoms with E-state index in [1.54, 1.807) is 6.92 Å². The van der Waals surface area contributed by atoms with Gasteiger partial charge in [-0.2, -0.15) is 0 Å². The molecule has 1 fully saturated rings. The fraction of sp³-hybridized carbons (Fsp3) is 0.714. The van der Waals surface area contributed by atoms with E-state index in [1.165, 1.54) is 0 Å². The second-order valence-corrected chi connectivity index (χ2v) is 2.74. The lowest BCUT2D eigenvalue weighted by atomic mass is 10.3. The molecule has 2 rings (SSSR count). The lowest BCUT2D eigenvalue weighted by molar-refractivity contribution is 0.0678. The molecule has 1 unspecified atom stereocenters. The van der Waals surface area contributed by atoms with Gasteiger partial charge in [0.25, 0.3) is 0 Å². The molecule has 0 bridgehead atoms. The van der Waals surface area contributed by atoms with Crippen LogP contribution in [0.15, 0.2) is 4.42 Å². The quantitative estimate of drug-likeness (QED) is 0.722. The number of morpholine rings is 1. The second kappa shape index (κ2) is 4.55. The molecule has 0 amide bonds.